The molecule has 1 atom stereocenters. The molecule has 0 aromatic heterocycles. The normalized spacial score (nSPS) is 32.2. The van der Waals surface area contributed by atoms with Crippen LogP contribution in [0.5, 0.6) is 0 Å². The van der Waals surface area contributed by atoms with Gasteiger partial charge in [0.05, 0.1) is 0 Å². The molecule has 2 rings (SSSR count). The molecule has 0 spiro atoms. The Morgan fingerprint density at radius 3 is 2.75 bits per heavy atom. The minimum Gasteiger partial charge on any atom is -0.302 e. The van der Waals surface area contributed by atoms with Gasteiger partial charge in [0.15, 0.2) is 0 Å². The Morgan fingerprint density at radius 1 is 1.25 bits per heavy atom. The highest BCUT2D eigenvalue weighted by Crippen LogP contribution is 2.32. The van der Waals surface area contributed by atoms with Crippen molar-refractivity contribution in [2.24, 2.45) is 5.92 Å². The van der Waals surface area contributed by atoms with Gasteiger partial charge in [-0.1, -0.05) is 12.8 Å². The summed E-state index contributed by atoms with van der Waals surface area (Å²) in [5.41, 5.74) is 0. The lowest BCUT2D eigenvalue weighted by Crippen LogP contribution is -2.36. The van der Waals surface area contributed by atoms with Gasteiger partial charge < -0.3 is 4.90 Å². The molecule has 0 aromatic rings. The standard InChI is InChI=1S/C10H18ClN/c11-10-2-1-6-12(8-10)7-5-9-3-4-9/h9-10H,1-8H2. The van der Waals surface area contributed by atoms with Gasteiger partial charge in [-0.2, -0.15) is 0 Å². The highest BCUT2D eigenvalue weighted by atomic mass is 35.5. The van der Waals surface area contributed by atoms with E-state index in [9.17, 15) is 0 Å². The minimum absolute atomic E-state index is 0.429. The molecule has 12 heavy (non-hydrogen) atoms. The molecule has 1 aliphatic heterocycles. The summed E-state index contributed by atoms with van der Waals surface area (Å²) in [5, 5.41) is 0.429. The molecule has 2 fully saturated rings. The van der Waals surface area contributed by atoms with Gasteiger partial charge in [-0.25, -0.2) is 0 Å². The molecule has 2 heteroatoms. The van der Waals surface area contributed by atoms with E-state index in [2.05, 4.69) is 4.90 Å². The molecule has 1 saturated carbocycles. The maximum atomic E-state index is 6.10. The molecule has 1 unspecified atom stereocenters. The van der Waals surface area contributed by atoms with Crippen LogP contribution >= 0.6 is 11.6 Å². The fourth-order valence-electron chi connectivity index (χ4n) is 1.97. The van der Waals surface area contributed by atoms with Crippen molar-refractivity contribution in [1.29, 1.82) is 0 Å². The number of halogens is 1. The molecule has 1 heterocycles. The molecule has 1 saturated heterocycles. The van der Waals surface area contributed by atoms with E-state index in [0.29, 0.717) is 5.38 Å². The molecule has 1 aliphatic carbocycles. The van der Waals surface area contributed by atoms with E-state index in [4.69, 9.17) is 11.6 Å². The average molecular weight is 188 g/mol. The molecular weight excluding hydrogens is 170 g/mol. The molecule has 1 nitrogen and oxygen atoms in total. The third-order valence-corrected chi connectivity index (χ3v) is 3.35. The van der Waals surface area contributed by atoms with Crippen LogP contribution in [0.2, 0.25) is 0 Å². The SMILES string of the molecule is ClC1CCCN(CCC2CC2)C1. The molecule has 0 aromatic carbocycles. The highest BCUT2D eigenvalue weighted by Gasteiger charge is 2.23. The third kappa shape index (κ3) is 2.63. The van der Waals surface area contributed by atoms with E-state index < -0.39 is 0 Å². The molecular formula is C10H18ClN. The number of nitrogens with zero attached hydrogens (tertiary/aromatic N) is 1. The van der Waals surface area contributed by atoms with Crippen molar-refractivity contribution < 1.29 is 0 Å². The van der Waals surface area contributed by atoms with Crippen molar-refractivity contribution >= 4 is 11.6 Å². The van der Waals surface area contributed by atoms with Gasteiger partial charge in [0.2, 0.25) is 0 Å². The van der Waals surface area contributed by atoms with E-state index in [1.807, 2.05) is 0 Å². The van der Waals surface area contributed by atoms with Crippen molar-refractivity contribution in [1.82, 2.24) is 4.90 Å². The number of hydrogen-bond acceptors (Lipinski definition) is 1. The number of likely N-dealkylation sites (tertiary alicyclic amines) is 1. The monoisotopic (exact) mass is 187 g/mol. The van der Waals surface area contributed by atoms with Crippen molar-refractivity contribution in [3.63, 3.8) is 0 Å². The van der Waals surface area contributed by atoms with Gasteiger partial charge in [0.25, 0.3) is 0 Å². The first-order chi connectivity index (χ1) is 5.84. The van der Waals surface area contributed by atoms with Crippen LogP contribution in [-0.2, 0) is 0 Å². The van der Waals surface area contributed by atoms with Gasteiger partial charge in [-0.3, -0.25) is 0 Å². The van der Waals surface area contributed by atoms with Gasteiger partial charge in [-0.15, -0.1) is 11.6 Å². The van der Waals surface area contributed by atoms with Gasteiger partial charge in [0.1, 0.15) is 0 Å². The second kappa shape index (κ2) is 3.97. The molecule has 2 aliphatic rings. The first-order valence-corrected chi connectivity index (χ1v) is 5.64. The molecule has 0 N–H and O–H groups in total. The zero-order chi connectivity index (χ0) is 8.39. The fraction of sp³-hybridized carbons (Fsp3) is 1.00. The van der Waals surface area contributed by atoms with Crippen molar-refractivity contribution in [3.05, 3.63) is 0 Å². The highest BCUT2D eigenvalue weighted by molar-refractivity contribution is 6.20. The summed E-state index contributed by atoms with van der Waals surface area (Å²) < 4.78 is 0. The maximum Gasteiger partial charge on any atom is 0.0463 e. The largest absolute Gasteiger partial charge is 0.302 e. The smallest absolute Gasteiger partial charge is 0.0463 e. The van der Waals surface area contributed by atoms with Gasteiger partial charge in [-0.05, 0) is 38.3 Å². The van der Waals surface area contributed by atoms with Crippen molar-refractivity contribution in [3.8, 4) is 0 Å². The summed E-state index contributed by atoms with van der Waals surface area (Å²) in [6, 6.07) is 0. The van der Waals surface area contributed by atoms with E-state index in [0.717, 1.165) is 12.5 Å². The first-order valence-electron chi connectivity index (χ1n) is 5.21. The zero-order valence-electron chi connectivity index (χ0n) is 7.64. The average Bonchev–Trinajstić information content (AvgIpc) is 2.84. The second-order valence-corrected chi connectivity index (χ2v) is 4.89. The van der Waals surface area contributed by atoms with Gasteiger partial charge >= 0.3 is 0 Å². The van der Waals surface area contributed by atoms with Crippen LogP contribution in [0.4, 0.5) is 0 Å². The number of piperidine rings is 1. The van der Waals surface area contributed by atoms with E-state index in [1.54, 1.807) is 0 Å². The summed E-state index contributed by atoms with van der Waals surface area (Å²) in [7, 11) is 0. The van der Waals surface area contributed by atoms with Crippen LogP contribution in [0.15, 0.2) is 0 Å². The Hall–Kier alpha value is 0.250. The van der Waals surface area contributed by atoms with Crippen molar-refractivity contribution in [2.75, 3.05) is 19.6 Å². The second-order valence-electron chi connectivity index (χ2n) is 4.27. The van der Waals surface area contributed by atoms with E-state index in [1.165, 1.54) is 45.2 Å². The predicted octanol–water partition coefficient (Wildman–Crippen LogP) is 2.49. The topological polar surface area (TPSA) is 3.24 Å². The van der Waals surface area contributed by atoms with Crippen LogP contribution in [0.1, 0.15) is 32.1 Å². The zero-order valence-corrected chi connectivity index (χ0v) is 8.39. The van der Waals surface area contributed by atoms with Crippen LogP contribution in [0.25, 0.3) is 0 Å². The molecule has 70 valence electrons. The lowest BCUT2D eigenvalue weighted by atomic mass is 10.1. The van der Waals surface area contributed by atoms with E-state index in [-0.39, 0.29) is 0 Å². The molecule has 0 radical (unpaired) electrons. The minimum atomic E-state index is 0.429. The summed E-state index contributed by atoms with van der Waals surface area (Å²) >= 11 is 6.10. The Morgan fingerprint density at radius 2 is 2.08 bits per heavy atom. The summed E-state index contributed by atoms with van der Waals surface area (Å²) in [5.74, 6) is 1.07. The third-order valence-electron chi connectivity index (χ3n) is 3.00. The number of hydrogen-bond donors (Lipinski definition) is 0. The Labute approximate surface area is 80.1 Å². The molecule has 0 bridgehead atoms. The Kier molecular flexibility index (Phi) is 2.92. The quantitative estimate of drug-likeness (QED) is 0.614. The van der Waals surface area contributed by atoms with Crippen LogP contribution in [0, 0.1) is 5.92 Å². The number of alkyl halides is 1. The lowest BCUT2D eigenvalue weighted by molar-refractivity contribution is 0.226. The van der Waals surface area contributed by atoms with Gasteiger partial charge in [0, 0.05) is 11.9 Å². The van der Waals surface area contributed by atoms with Crippen LogP contribution in [-0.4, -0.2) is 29.9 Å². The molecule has 0 amide bonds. The summed E-state index contributed by atoms with van der Waals surface area (Å²) in [6.07, 6.45) is 6.92. The fourth-order valence-corrected chi connectivity index (χ4v) is 2.32. The van der Waals surface area contributed by atoms with E-state index >= 15 is 0 Å². The van der Waals surface area contributed by atoms with Crippen LogP contribution < -0.4 is 0 Å². The summed E-state index contributed by atoms with van der Waals surface area (Å²) in [4.78, 5) is 2.54. The lowest BCUT2D eigenvalue weighted by Gasteiger charge is -2.29. The Balaban J connectivity index is 1.64. The first kappa shape index (κ1) is 8.83. The maximum absolute atomic E-state index is 6.10. The number of rotatable bonds is 3. The summed E-state index contributed by atoms with van der Waals surface area (Å²) in [6.45, 7) is 3.72. The van der Waals surface area contributed by atoms with Crippen LogP contribution in [0.3, 0.4) is 0 Å². The van der Waals surface area contributed by atoms with Crippen molar-refractivity contribution in [2.45, 2.75) is 37.5 Å². The predicted molar refractivity (Wildman–Crippen MR) is 52.7 cm³/mol. The Bertz CT molecular complexity index is 145.